The van der Waals surface area contributed by atoms with Gasteiger partial charge in [0, 0.05) is 0 Å². The number of rotatable bonds is 5. The molecule has 3 nitrogen and oxygen atoms in total. The molecule has 0 aliphatic carbocycles. The van der Waals surface area contributed by atoms with Gasteiger partial charge in [0.2, 0.25) is 0 Å². The van der Waals surface area contributed by atoms with Crippen LogP contribution in [0.1, 0.15) is 18.4 Å². The van der Waals surface area contributed by atoms with E-state index in [-0.39, 0.29) is 11.8 Å². The van der Waals surface area contributed by atoms with Gasteiger partial charge in [0.05, 0.1) is 0 Å². The first-order valence-electron chi connectivity index (χ1n) is 8.19. The fourth-order valence-electron chi connectivity index (χ4n) is 3.52. The molecule has 1 fully saturated rings. The van der Waals surface area contributed by atoms with Crippen molar-refractivity contribution in [3.63, 3.8) is 0 Å². The molecule has 3 aromatic rings. The van der Waals surface area contributed by atoms with Crippen LogP contribution in [0, 0.1) is 0 Å². The number of amides is 2. The van der Waals surface area contributed by atoms with E-state index in [0.29, 0.717) is 12.8 Å². The van der Waals surface area contributed by atoms with Gasteiger partial charge in [0.15, 0.2) is 0 Å². The van der Waals surface area contributed by atoms with Crippen molar-refractivity contribution in [2.24, 2.45) is 0 Å². The molecular formula is C19H17NO2PbS2. The summed E-state index contributed by atoms with van der Waals surface area (Å²) in [7, 11) is 0. The van der Waals surface area contributed by atoms with Crippen LogP contribution in [0.4, 0.5) is 0 Å². The molecule has 1 saturated heterocycles. The van der Waals surface area contributed by atoms with Crippen LogP contribution in [-0.2, 0) is 13.6 Å². The molecule has 0 unspecified atom stereocenters. The standard InChI is InChI=1S/C7H7.C4H5NO2.2C4H3S.Pb/c1-7-5-3-2-4-6-7;6-3-1-2-4(7)5-3;2*1-2-4-5-3-1;/h2-6H,1H2;1-2H2,(H,5,6,7);2*1-3H;/q;;;;+1/p-1. The zero-order valence-corrected chi connectivity index (χ0v) is 19.1. The Kier molecular flexibility index (Phi) is 4.88. The predicted molar refractivity (Wildman–Crippen MR) is 105 cm³/mol. The summed E-state index contributed by atoms with van der Waals surface area (Å²) < 4.78 is 5.06. The summed E-state index contributed by atoms with van der Waals surface area (Å²) in [6.45, 7) is 0. The number of carbonyl (C=O) groups excluding carboxylic acids is 2. The number of hydrogen-bond acceptors (Lipinski definition) is 4. The van der Waals surface area contributed by atoms with Crippen molar-refractivity contribution in [1.29, 1.82) is 0 Å². The Morgan fingerprint density at radius 1 is 0.800 bits per heavy atom. The average molecular weight is 563 g/mol. The zero-order valence-electron chi connectivity index (χ0n) is 13.6. The fourth-order valence-corrected chi connectivity index (χ4v) is 31.2. The van der Waals surface area contributed by atoms with Crippen molar-refractivity contribution < 1.29 is 9.59 Å². The van der Waals surface area contributed by atoms with E-state index < -0.39 is 21.5 Å². The molecule has 4 rings (SSSR count). The van der Waals surface area contributed by atoms with Gasteiger partial charge in [-0.15, -0.1) is 0 Å². The second-order valence-corrected chi connectivity index (χ2v) is 24.8. The monoisotopic (exact) mass is 563 g/mol. The minimum atomic E-state index is -3.88. The first kappa shape index (κ1) is 17.1. The van der Waals surface area contributed by atoms with Crippen LogP contribution in [0.15, 0.2) is 65.4 Å². The van der Waals surface area contributed by atoms with Crippen LogP contribution in [0.2, 0.25) is 0 Å². The molecule has 2 amide bonds. The Bertz CT molecular complexity index is 825. The maximum absolute atomic E-state index is 12.8. The third-order valence-corrected chi connectivity index (χ3v) is 30.8. The van der Waals surface area contributed by atoms with Crippen LogP contribution in [0.25, 0.3) is 0 Å². The summed E-state index contributed by atoms with van der Waals surface area (Å²) in [6.07, 6.45) is 0.707. The Labute approximate surface area is 160 Å². The molecule has 0 atom stereocenters. The van der Waals surface area contributed by atoms with E-state index in [1.165, 1.54) is 10.4 Å². The van der Waals surface area contributed by atoms with E-state index in [1.54, 1.807) is 25.4 Å². The number of thiophene rings is 2. The molecule has 0 spiro atoms. The number of hydrogen-bond donors (Lipinski definition) is 0. The van der Waals surface area contributed by atoms with E-state index >= 15 is 0 Å². The molecule has 1 aliphatic rings. The molecule has 0 bridgehead atoms. The molecule has 1 aromatic carbocycles. The number of nitrogens with zero attached hydrogens (tertiary/aromatic N) is 1. The van der Waals surface area contributed by atoms with Crippen molar-refractivity contribution in [1.82, 2.24) is 2.71 Å². The Morgan fingerprint density at radius 3 is 1.84 bits per heavy atom. The normalized spacial score (nSPS) is 15.1. The second kappa shape index (κ2) is 7.13. The summed E-state index contributed by atoms with van der Waals surface area (Å²) in [5, 5.41) is 4.13. The van der Waals surface area contributed by atoms with Gasteiger partial charge in [-0.1, -0.05) is 0 Å². The summed E-state index contributed by atoms with van der Waals surface area (Å²) in [5.74, 6) is 0.0359. The van der Waals surface area contributed by atoms with Crippen molar-refractivity contribution >= 4 is 60.8 Å². The molecule has 6 heteroatoms. The third kappa shape index (κ3) is 3.02. The van der Waals surface area contributed by atoms with Crippen molar-refractivity contribution in [2.45, 2.75) is 16.8 Å². The van der Waals surface area contributed by atoms with Gasteiger partial charge in [-0.25, -0.2) is 0 Å². The predicted octanol–water partition coefficient (Wildman–Crippen LogP) is 2.80. The van der Waals surface area contributed by atoms with Crippen molar-refractivity contribution in [3.8, 4) is 0 Å². The molecule has 0 saturated carbocycles. The van der Waals surface area contributed by atoms with Gasteiger partial charge in [-0.3, -0.25) is 0 Å². The van der Waals surface area contributed by atoms with Gasteiger partial charge >= 0.3 is 161 Å². The Hall–Kier alpha value is -1.32. The van der Waals surface area contributed by atoms with E-state index in [2.05, 4.69) is 35.0 Å². The quantitative estimate of drug-likeness (QED) is 0.355. The summed E-state index contributed by atoms with van der Waals surface area (Å²) in [6, 6.07) is 18.6. The topological polar surface area (TPSA) is 37.4 Å². The number of carbonyl (C=O) groups is 2. The second-order valence-electron chi connectivity index (χ2n) is 6.10. The zero-order chi connectivity index (χ0) is 17.3. The first-order valence-corrected chi connectivity index (χ1v) is 18.3. The molecule has 0 N–H and O–H groups in total. The van der Waals surface area contributed by atoms with E-state index in [0.717, 1.165) is 3.98 Å². The summed E-state index contributed by atoms with van der Waals surface area (Å²) >= 11 is -0.481. The third-order valence-electron chi connectivity index (χ3n) is 4.59. The SMILES string of the molecule is O=C1CCC(=O)[N]1[Pb]([CH2]c1ccccc1)([c]1cccs1)[c]1cccs1. The molecule has 3 heterocycles. The molecular weight excluding hydrogens is 546 g/mol. The van der Waals surface area contributed by atoms with Gasteiger partial charge in [-0.2, -0.15) is 0 Å². The number of benzene rings is 1. The molecule has 126 valence electrons. The van der Waals surface area contributed by atoms with E-state index in [4.69, 9.17) is 0 Å². The van der Waals surface area contributed by atoms with Gasteiger partial charge in [0.1, 0.15) is 0 Å². The molecule has 25 heavy (non-hydrogen) atoms. The van der Waals surface area contributed by atoms with Crippen LogP contribution < -0.4 is 4.87 Å². The average Bonchev–Trinajstić information content (AvgIpc) is 3.38. The number of imide groups is 1. The first-order chi connectivity index (χ1) is 12.2. The molecule has 1 aliphatic heterocycles. The summed E-state index contributed by atoms with van der Waals surface area (Å²) in [4.78, 5) is 25.6. The molecule has 2 aromatic heterocycles. The Balaban J connectivity index is 1.95. The van der Waals surface area contributed by atoms with Crippen LogP contribution >= 0.6 is 22.7 Å². The summed E-state index contributed by atoms with van der Waals surface area (Å²) in [5.41, 5.74) is 1.21. The van der Waals surface area contributed by atoms with Crippen LogP contribution in [0.5, 0.6) is 0 Å². The molecule has 0 radical (unpaired) electrons. The van der Waals surface area contributed by atoms with Gasteiger partial charge < -0.3 is 0 Å². The maximum atomic E-state index is 12.8. The van der Waals surface area contributed by atoms with Crippen LogP contribution in [-0.4, -0.2) is 36.0 Å². The van der Waals surface area contributed by atoms with Gasteiger partial charge in [0.25, 0.3) is 0 Å². The van der Waals surface area contributed by atoms with E-state index in [1.807, 2.05) is 30.3 Å². The van der Waals surface area contributed by atoms with Crippen molar-refractivity contribution in [2.75, 3.05) is 0 Å². The van der Waals surface area contributed by atoms with Crippen molar-refractivity contribution in [3.05, 3.63) is 70.9 Å². The minimum absolute atomic E-state index is 0.0180. The van der Waals surface area contributed by atoms with Crippen LogP contribution in [0.3, 0.4) is 0 Å². The fraction of sp³-hybridized carbons (Fsp3) is 0.158. The van der Waals surface area contributed by atoms with E-state index in [9.17, 15) is 9.59 Å². The van der Waals surface area contributed by atoms with Gasteiger partial charge in [-0.05, 0) is 0 Å². The Morgan fingerprint density at radius 2 is 1.36 bits per heavy atom.